The maximum absolute atomic E-state index is 10.9. The highest BCUT2D eigenvalue weighted by Crippen LogP contribution is 2.30. The van der Waals surface area contributed by atoms with Gasteiger partial charge in [0.1, 0.15) is 48.8 Å². The molecule has 0 aliphatic carbocycles. The summed E-state index contributed by atoms with van der Waals surface area (Å²) < 4.78 is 50.0. The first-order valence-electron chi connectivity index (χ1n) is 7.74. The Balaban J connectivity index is 2.22. The highest BCUT2D eigenvalue weighted by atomic mass is 32.3. The molecule has 2 fully saturated rings. The Morgan fingerprint density at radius 1 is 0.778 bits per heavy atom. The molecule has 0 spiro atoms. The van der Waals surface area contributed by atoms with Crippen molar-refractivity contribution in [3.8, 4) is 0 Å². The molecule has 0 radical (unpaired) electrons. The maximum atomic E-state index is 10.9. The average Bonchev–Trinajstić information content (AvgIpc) is 2.59. The van der Waals surface area contributed by atoms with E-state index in [1.54, 1.807) is 0 Å². The lowest BCUT2D eigenvalue weighted by Crippen LogP contribution is -2.65. The van der Waals surface area contributed by atoms with Gasteiger partial charge in [0.05, 0.1) is 13.2 Å². The normalized spacial score (nSPS) is 46.4. The first-order valence-corrected chi connectivity index (χ1v) is 9.10. The van der Waals surface area contributed by atoms with E-state index in [0.29, 0.717) is 0 Å². The first kappa shape index (κ1) is 22.8. The zero-order valence-electron chi connectivity index (χ0n) is 13.6. The quantitative estimate of drug-likeness (QED) is 0.186. The van der Waals surface area contributed by atoms with Gasteiger partial charge in [-0.15, -0.1) is 0 Å². The van der Waals surface area contributed by atoms with Crippen molar-refractivity contribution in [3.63, 3.8) is 0 Å². The van der Waals surface area contributed by atoms with E-state index in [1.165, 1.54) is 0 Å². The fourth-order valence-corrected chi connectivity index (χ4v) is 3.32. The van der Waals surface area contributed by atoms with Gasteiger partial charge < -0.3 is 50.0 Å². The average molecular weight is 422 g/mol. The van der Waals surface area contributed by atoms with Gasteiger partial charge in [-0.05, 0) is 0 Å². The van der Waals surface area contributed by atoms with Crippen LogP contribution in [0.2, 0.25) is 0 Å². The zero-order valence-corrected chi connectivity index (χ0v) is 14.4. The molecule has 0 amide bonds. The Kier molecular flexibility index (Phi) is 7.47. The number of ether oxygens (including phenoxy) is 3. The van der Waals surface area contributed by atoms with Crippen molar-refractivity contribution in [2.45, 2.75) is 61.4 Å². The summed E-state index contributed by atoms with van der Waals surface area (Å²) in [5.74, 6) is 0. The summed E-state index contributed by atoms with van der Waals surface area (Å²) in [7, 11) is -5.12. The van der Waals surface area contributed by atoms with Crippen molar-refractivity contribution in [3.05, 3.63) is 0 Å². The zero-order chi connectivity index (χ0) is 20.5. The lowest BCUT2D eigenvalue weighted by atomic mass is 9.97. The first-order chi connectivity index (χ1) is 12.5. The molecule has 0 unspecified atom stereocenters. The second kappa shape index (κ2) is 8.87. The van der Waals surface area contributed by atoms with Crippen LogP contribution >= 0.6 is 0 Å². The summed E-state index contributed by atoms with van der Waals surface area (Å²) in [6, 6.07) is 0. The molecular formula is C12H22O14S. The molecule has 2 aliphatic heterocycles. The highest BCUT2D eigenvalue weighted by molar-refractivity contribution is 7.80. The van der Waals surface area contributed by atoms with E-state index in [-0.39, 0.29) is 0 Å². The van der Waals surface area contributed by atoms with Crippen molar-refractivity contribution in [1.82, 2.24) is 0 Å². The van der Waals surface area contributed by atoms with Crippen LogP contribution in [-0.4, -0.2) is 123 Å². The number of aliphatic hydroxyl groups excluding tert-OH is 7. The Hall–Kier alpha value is -0.530. The third-order valence-electron chi connectivity index (χ3n) is 4.19. The molecule has 15 heteroatoms. The van der Waals surface area contributed by atoms with Crippen molar-refractivity contribution in [2.24, 2.45) is 0 Å². The molecule has 8 N–H and O–H groups in total. The number of rotatable bonds is 6. The molecule has 0 aromatic heterocycles. The van der Waals surface area contributed by atoms with Gasteiger partial charge in [0, 0.05) is 0 Å². The second-order valence-corrected chi connectivity index (χ2v) is 7.07. The summed E-state index contributed by atoms with van der Waals surface area (Å²) in [5, 5.41) is 67.8. The second-order valence-electron chi connectivity index (χ2n) is 6.02. The Morgan fingerprint density at radius 2 is 1.37 bits per heavy atom. The van der Waals surface area contributed by atoms with Gasteiger partial charge in [-0.2, -0.15) is 8.42 Å². The lowest BCUT2D eigenvalue weighted by Gasteiger charge is -2.45. The minimum Gasteiger partial charge on any atom is -0.394 e. The van der Waals surface area contributed by atoms with E-state index in [0.717, 1.165) is 0 Å². The van der Waals surface area contributed by atoms with E-state index in [4.69, 9.17) is 18.8 Å². The van der Waals surface area contributed by atoms with E-state index in [2.05, 4.69) is 4.18 Å². The van der Waals surface area contributed by atoms with Crippen LogP contribution < -0.4 is 0 Å². The molecule has 2 saturated heterocycles. The largest absolute Gasteiger partial charge is 0.397 e. The Morgan fingerprint density at radius 3 is 1.89 bits per heavy atom. The van der Waals surface area contributed by atoms with E-state index < -0.39 is 85.0 Å². The summed E-state index contributed by atoms with van der Waals surface area (Å²) in [6.45, 7) is -1.65. The maximum Gasteiger partial charge on any atom is 0.397 e. The molecule has 10 atom stereocenters. The van der Waals surface area contributed by atoms with Crippen LogP contribution in [0.15, 0.2) is 0 Å². The molecule has 160 valence electrons. The van der Waals surface area contributed by atoms with Gasteiger partial charge in [0.2, 0.25) is 0 Å². The molecular weight excluding hydrogens is 400 g/mol. The monoisotopic (exact) mass is 422 g/mol. The molecule has 0 aromatic rings. The van der Waals surface area contributed by atoms with Crippen LogP contribution in [0.5, 0.6) is 0 Å². The summed E-state index contributed by atoms with van der Waals surface area (Å²) in [4.78, 5) is 0. The van der Waals surface area contributed by atoms with Gasteiger partial charge in [-0.1, -0.05) is 0 Å². The summed E-state index contributed by atoms with van der Waals surface area (Å²) in [6.07, 6.45) is -17.8. The van der Waals surface area contributed by atoms with Gasteiger partial charge in [0.15, 0.2) is 12.6 Å². The predicted molar refractivity (Wildman–Crippen MR) is 79.0 cm³/mol. The third-order valence-corrected chi connectivity index (χ3v) is 4.65. The molecule has 2 rings (SSSR count). The molecule has 0 aromatic carbocycles. The van der Waals surface area contributed by atoms with Crippen LogP contribution in [0.1, 0.15) is 0 Å². The third kappa shape index (κ3) is 5.10. The molecule has 2 heterocycles. The lowest BCUT2D eigenvalue weighted by molar-refractivity contribution is -0.353. The summed E-state index contributed by atoms with van der Waals surface area (Å²) >= 11 is 0. The standard InChI is InChI=1S/C12H22O14S/c13-1-3-5(15)10(26-27(20,21)22)8(18)12(24-3)25-9-4(2-14)23-11(19)7(17)6(9)16/h3-19H,1-2H2,(H,20,21,22)/t3-,4-,5-,6-,7-,8-,9-,10+,11-,12+/m1/s1. The Bertz CT molecular complexity index is 583. The topological polar surface area (TPSA) is 233 Å². The van der Waals surface area contributed by atoms with E-state index in [9.17, 15) is 44.2 Å². The van der Waals surface area contributed by atoms with Crippen molar-refractivity contribution < 1.29 is 67.1 Å². The fourth-order valence-electron chi connectivity index (χ4n) is 2.81. The van der Waals surface area contributed by atoms with Crippen molar-refractivity contribution >= 4 is 10.4 Å². The van der Waals surface area contributed by atoms with Gasteiger partial charge in [-0.25, -0.2) is 4.18 Å². The minimum atomic E-state index is -5.12. The highest BCUT2D eigenvalue weighted by Gasteiger charge is 2.51. The van der Waals surface area contributed by atoms with E-state index >= 15 is 0 Å². The van der Waals surface area contributed by atoms with Crippen LogP contribution in [0.25, 0.3) is 0 Å². The molecule has 0 bridgehead atoms. The molecule has 2 aliphatic rings. The SMILES string of the molecule is O=S(=O)(O)O[C@@H]1[C@@H](O)[C@H](O[C@H]2[C@H](O)[C@@H](O)[C@H](O)O[C@@H]2CO)O[C@H](CO)[C@H]1O. The Labute approximate surface area is 153 Å². The smallest absolute Gasteiger partial charge is 0.394 e. The van der Waals surface area contributed by atoms with E-state index in [1.807, 2.05) is 0 Å². The fraction of sp³-hybridized carbons (Fsp3) is 1.00. The molecule has 14 nitrogen and oxygen atoms in total. The van der Waals surface area contributed by atoms with Crippen molar-refractivity contribution in [1.29, 1.82) is 0 Å². The summed E-state index contributed by atoms with van der Waals surface area (Å²) in [5.41, 5.74) is 0. The van der Waals surface area contributed by atoms with Crippen molar-refractivity contribution in [2.75, 3.05) is 13.2 Å². The molecule has 0 saturated carbocycles. The number of aliphatic hydroxyl groups is 7. The number of hydrogen-bond donors (Lipinski definition) is 8. The van der Waals surface area contributed by atoms with Gasteiger partial charge >= 0.3 is 10.4 Å². The van der Waals surface area contributed by atoms with Crippen LogP contribution in [0, 0.1) is 0 Å². The molecule has 27 heavy (non-hydrogen) atoms. The minimum absolute atomic E-state index is 0.786. The van der Waals surface area contributed by atoms with Gasteiger partial charge in [-0.3, -0.25) is 4.55 Å². The van der Waals surface area contributed by atoms with Crippen LogP contribution in [-0.2, 0) is 28.8 Å². The van der Waals surface area contributed by atoms with Crippen LogP contribution in [0.3, 0.4) is 0 Å². The predicted octanol–water partition coefficient (Wildman–Crippen LogP) is -5.57. The van der Waals surface area contributed by atoms with Crippen LogP contribution in [0.4, 0.5) is 0 Å². The van der Waals surface area contributed by atoms with Gasteiger partial charge in [0.25, 0.3) is 0 Å². The number of hydrogen-bond acceptors (Lipinski definition) is 13.